The van der Waals surface area contributed by atoms with Crippen molar-refractivity contribution in [3.63, 3.8) is 0 Å². The molecule has 0 radical (unpaired) electrons. The zero-order valence-electron chi connectivity index (χ0n) is 26.7. The number of allylic oxidation sites excluding steroid dienone is 7. The quantitative estimate of drug-likeness (QED) is 0.360. The molecule has 0 aliphatic heterocycles. The van der Waals surface area contributed by atoms with E-state index in [2.05, 4.69) is 105 Å². The van der Waals surface area contributed by atoms with Gasteiger partial charge in [0.1, 0.15) is 0 Å². The molecule has 3 aliphatic rings. The molecule has 0 heterocycles. The van der Waals surface area contributed by atoms with Gasteiger partial charge in [-0.25, -0.2) is 0 Å². The van der Waals surface area contributed by atoms with Crippen molar-refractivity contribution in [1.29, 1.82) is 0 Å². The highest BCUT2D eigenvalue weighted by atomic mass is 14.7. The number of rotatable bonds is 5. The molecular weight excluding hydrogens is 480 g/mol. The second-order valence-corrected chi connectivity index (χ2v) is 13.7. The molecule has 0 fully saturated rings. The first-order valence-electron chi connectivity index (χ1n) is 15.5. The van der Waals surface area contributed by atoms with Crippen LogP contribution < -0.4 is 0 Å². The molecule has 0 aromatic heterocycles. The highest BCUT2D eigenvalue weighted by molar-refractivity contribution is 5.90. The van der Waals surface area contributed by atoms with Crippen molar-refractivity contribution in [2.45, 2.75) is 94.4 Å². The first kappa shape index (κ1) is 28.7. The molecular formula is C40H50. The lowest BCUT2D eigenvalue weighted by molar-refractivity contribution is 0.00578. The second kappa shape index (κ2) is 9.61. The number of aryl methyl sites for hydroxylation is 1. The molecule has 0 bridgehead atoms. The summed E-state index contributed by atoms with van der Waals surface area (Å²) in [5, 5.41) is 0. The average Bonchev–Trinajstić information content (AvgIpc) is 2.91. The van der Waals surface area contributed by atoms with E-state index < -0.39 is 0 Å². The smallest absolute Gasteiger partial charge is 0.0196 e. The van der Waals surface area contributed by atoms with Gasteiger partial charge >= 0.3 is 0 Å². The summed E-state index contributed by atoms with van der Waals surface area (Å²) in [5.41, 5.74) is 18.0. The van der Waals surface area contributed by atoms with Gasteiger partial charge in [-0.15, -0.1) is 0 Å². The van der Waals surface area contributed by atoms with Gasteiger partial charge in [0.25, 0.3) is 0 Å². The Kier molecular flexibility index (Phi) is 6.89. The highest BCUT2D eigenvalue weighted by Crippen LogP contribution is 2.72. The molecule has 0 unspecified atom stereocenters. The van der Waals surface area contributed by atoms with E-state index in [-0.39, 0.29) is 16.2 Å². The van der Waals surface area contributed by atoms with Crippen LogP contribution in [-0.2, 0) is 12.8 Å². The Balaban J connectivity index is 1.83. The Morgan fingerprint density at radius 2 is 1.62 bits per heavy atom. The summed E-state index contributed by atoms with van der Waals surface area (Å²) < 4.78 is 0. The fraction of sp³-hybridized carbons (Fsp3) is 0.450. The van der Waals surface area contributed by atoms with Crippen molar-refractivity contribution < 1.29 is 0 Å². The minimum Gasteiger partial charge on any atom is -0.0952 e. The van der Waals surface area contributed by atoms with Gasteiger partial charge in [-0.05, 0) is 131 Å². The summed E-state index contributed by atoms with van der Waals surface area (Å²) >= 11 is 0. The van der Waals surface area contributed by atoms with E-state index in [1.165, 1.54) is 72.4 Å². The minimum atomic E-state index is -0.144. The average molecular weight is 531 g/mol. The Hall–Kier alpha value is -2.86. The Morgan fingerprint density at radius 1 is 0.975 bits per heavy atom. The molecule has 40 heavy (non-hydrogen) atoms. The normalized spacial score (nSPS) is 29.8. The molecule has 5 rings (SSSR count). The van der Waals surface area contributed by atoms with Crippen LogP contribution in [0, 0.1) is 29.1 Å². The number of hydrogen-bond donors (Lipinski definition) is 0. The van der Waals surface area contributed by atoms with Crippen molar-refractivity contribution in [3.8, 4) is 11.1 Å². The molecule has 0 saturated heterocycles. The van der Waals surface area contributed by atoms with Gasteiger partial charge in [0, 0.05) is 5.41 Å². The number of benzene rings is 2. The van der Waals surface area contributed by atoms with Crippen LogP contribution in [0.1, 0.15) is 96.9 Å². The van der Waals surface area contributed by atoms with Gasteiger partial charge in [0.15, 0.2) is 0 Å². The third-order valence-electron chi connectivity index (χ3n) is 11.8. The van der Waals surface area contributed by atoms with Crippen molar-refractivity contribution in [3.05, 3.63) is 112 Å². The molecule has 0 amide bonds. The van der Waals surface area contributed by atoms with E-state index in [1.807, 2.05) is 0 Å². The van der Waals surface area contributed by atoms with Crippen LogP contribution in [0.5, 0.6) is 0 Å². The lowest BCUT2D eigenvalue weighted by Crippen LogP contribution is -2.56. The molecule has 0 N–H and O–H groups in total. The predicted octanol–water partition coefficient (Wildman–Crippen LogP) is 11.4. The van der Waals surface area contributed by atoms with Crippen LogP contribution in [0.2, 0.25) is 0 Å². The molecule has 210 valence electrons. The largest absolute Gasteiger partial charge is 0.0952 e. The van der Waals surface area contributed by atoms with E-state index in [4.69, 9.17) is 13.2 Å². The molecule has 0 heteroatoms. The van der Waals surface area contributed by atoms with Gasteiger partial charge in [-0.3, -0.25) is 0 Å². The molecule has 0 nitrogen and oxygen atoms in total. The van der Waals surface area contributed by atoms with Gasteiger partial charge in [-0.1, -0.05) is 109 Å². The lowest BCUT2D eigenvalue weighted by atomic mass is 9.39. The zero-order valence-corrected chi connectivity index (χ0v) is 26.7. The maximum Gasteiger partial charge on any atom is 0.0196 e. The molecule has 0 spiro atoms. The third kappa shape index (κ3) is 3.57. The van der Waals surface area contributed by atoms with E-state index >= 15 is 0 Å². The fourth-order valence-corrected chi connectivity index (χ4v) is 9.80. The maximum absolute atomic E-state index is 4.93. The van der Waals surface area contributed by atoms with E-state index in [9.17, 15) is 0 Å². The molecule has 2 aromatic carbocycles. The first-order chi connectivity index (χ1) is 18.8. The summed E-state index contributed by atoms with van der Waals surface area (Å²) in [5.74, 6) is 0.488. The van der Waals surface area contributed by atoms with Crippen molar-refractivity contribution >= 4 is 5.57 Å². The molecule has 2 aromatic rings. The molecule has 4 atom stereocenters. The van der Waals surface area contributed by atoms with Crippen LogP contribution in [0.15, 0.2) is 89.6 Å². The Labute approximate surface area is 244 Å². The first-order valence-corrected chi connectivity index (χ1v) is 15.5. The summed E-state index contributed by atoms with van der Waals surface area (Å²) in [7, 11) is 0. The Morgan fingerprint density at radius 3 is 2.20 bits per heavy atom. The summed E-state index contributed by atoms with van der Waals surface area (Å²) in [6.45, 7) is 36.0. The summed E-state index contributed by atoms with van der Waals surface area (Å²) in [6, 6.07) is 13.5. The van der Waals surface area contributed by atoms with Crippen LogP contribution in [0.25, 0.3) is 16.7 Å². The van der Waals surface area contributed by atoms with Crippen LogP contribution in [0.3, 0.4) is 0 Å². The monoisotopic (exact) mass is 530 g/mol. The van der Waals surface area contributed by atoms with E-state index in [0.29, 0.717) is 5.92 Å². The zero-order chi connectivity index (χ0) is 29.4. The van der Waals surface area contributed by atoms with Crippen molar-refractivity contribution in [2.75, 3.05) is 0 Å². The van der Waals surface area contributed by atoms with Crippen LogP contribution in [-0.4, -0.2) is 0 Å². The van der Waals surface area contributed by atoms with Crippen molar-refractivity contribution in [1.82, 2.24) is 0 Å². The van der Waals surface area contributed by atoms with Crippen LogP contribution in [0.4, 0.5) is 0 Å². The third-order valence-corrected chi connectivity index (χ3v) is 11.8. The number of fused-ring (bicyclic) bond motifs is 3. The molecule has 0 saturated carbocycles. The Bertz CT molecular complexity index is 1500. The van der Waals surface area contributed by atoms with Gasteiger partial charge in [-0.2, -0.15) is 0 Å². The standard InChI is InChI=1S/C40H50/c1-13-24(4)35-26(6)34(15-3)39(11)23-38(10)22-33-32(31-19-17-16-18-20-31)21-30(14-2)25(5)36(33)27(7)37(38)29(9)40(39,12)28(35)8/h16-21,34H,4,7-8,13-15,22-23H2,1-3,5-6,9-12H3/t34-,38+,39+,40+/m1/s1. The molecule has 3 aliphatic carbocycles. The number of hydrogen-bond acceptors (Lipinski definition) is 0. The highest BCUT2D eigenvalue weighted by Gasteiger charge is 2.62. The van der Waals surface area contributed by atoms with Crippen LogP contribution >= 0.6 is 0 Å². The van der Waals surface area contributed by atoms with Gasteiger partial charge < -0.3 is 0 Å². The SMILES string of the molecule is C=C(CC)C1=C(C)[C@@H](CC)[C@]2(C)C[C@]3(C)Cc4c(-c5ccccc5)cc(CC)c(C)c4C(=C)C3=C(C)[C@]2(C)C1=C. The lowest BCUT2D eigenvalue weighted by Gasteiger charge is -2.65. The predicted molar refractivity (Wildman–Crippen MR) is 175 cm³/mol. The summed E-state index contributed by atoms with van der Waals surface area (Å²) in [4.78, 5) is 0. The minimum absolute atomic E-state index is 0.0133. The fourth-order valence-electron chi connectivity index (χ4n) is 9.80. The van der Waals surface area contributed by atoms with Gasteiger partial charge in [0.05, 0.1) is 0 Å². The van der Waals surface area contributed by atoms with E-state index in [1.54, 1.807) is 0 Å². The van der Waals surface area contributed by atoms with Crippen molar-refractivity contribution in [2.24, 2.45) is 22.2 Å². The summed E-state index contributed by atoms with van der Waals surface area (Å²) in [6.07, 6.45) is 5.30. The second-order valence-electron chi connectivity index (χ2n) is 13.7. The van der Waals surface area contributed by atoms with E-state index in [0.717, 1.165) is 32.1 Å². The maximum atomic E-state index is 4.93. The topological polar surface area (TPSA) is 0 Å². The van der Waals surface area contributed by atoms with Gasteiger partial charge in [0.2, 0.25) is 0 Å².